The van der Waals surface area contributed by atoms with E-state index in [1.807, 2.05) is 0 Å². The third kappa shape index (κ3) is 5.52. The standard InChI is InChI=1S/C14H18N2O5/c1-14(2,13(19)20-3)16-12(18)9-15-11(17)7-6-10-5-4-8-21-10/h4-8H,9H2,1-3H3,(H,15,17)(H,16,18)/b7-6+. The maximum atomic E-state index is 11.6. The lowest BCUT2D eigenvalue weighted by Gasteiger charge is -2.22. The van der Waals surface area contributed by atoms with Crippen LogP contribution >= 0.6 is 0 Å². The first kappa shape index (κ1) is 16.5. The zero-order chi connectivity index (χ0) is 15.9. The number of carbonyl (C=O) groups excluding carboxylic acids is 3. The molecule has 0 aliphatic rings. The number of esters is 1. The molecule has 0 unspecified atom stereocenters. The average molecular weight is 294 g/mol. The third-order valence-corrected chi connectivity index (χ3v) is 2.51. The van der Waals surface area contributed by atoms with Crippen molar-refractivity contribution in [2.75, 3.05) is 13.7 Å². The molecule has 1 aromatic heterocycles. The van der Waals surface area contributed by atoms with Crippen LogP contribution in [0.1, 0.15) is 19.6 Å². The first-order chi connectivity index (χ1) is 9.85. The van der Waals surface area contributed by atoms with Gasteiger partial charge in [-0.2, -0.15) is 0 Å². The Morgan fingerprint density at radius 2 is 2.10 bits per heavy atom. The molecule has 7 heteroatoms. The molecule has 1 rings (SSSR count). The van der Waals surface area contributed by atoms with Crippen LogP contribution in [0.5, 0.6) is 0 Å². The molecule has 114 valence electrons. The minimum Gasteiger partial charge on any atom is -0.467 e. The van der Waals surface area contributed by atoms with Gasteiger partial charge in [0.2, 0.25) is 11.8 Å². The lowest BCUT2D eigenvalue weighted by atomic mass is 10.1. The molecule has 0 bridgehead atoms. The van der Waals surface area contributed by atoms with E-state index >= 15 is 0 Å². The Kier molecular flexibility index (Phi) is 5.71. The zero-order valence-electron chi connectivity index (χ0n) is 12.1. The molecule has 0 saturated carbocycles. The normalized spacial score (nSPS) is 11.2. The average Bonchev–Trinajstić information content (AvgIpc) is 2.94. The molecule has 1 heterocycles. The predicted molar refractivity (Wildman–Crippen MR) is 75.0 cm³/mol. The molecule has 0 aliphatic heterocycles. The molecule has 0 radical (unpaired) electrons. The van der Waals surface area contributed by atoms with E-state index in [9.17, 15) is 14.4 Å². The molecule has 2 amide bonds. The van der Waals surface area contributed by atoms with Gasteiger partial charge in [-0.3, -0.25) is 9.59 Å². The van der Waals surface area contributed by atoms with Crippen LogP contribution in [-0.2, 0) is 19.1 Å². The third-order valence-electron chi connectivity index (χ3n) is 2.51. The summed E-state index contributed by atoms with van der Waals surface area (Å²) >= 11 is 0. The van der Waals surface area contributed by atoms with Gasteiger partial charge in [-0.25, -0.2) is 4.79 Å². The number of nitrogens with one attached hydrogen (secondary N) is 2. The summed E-state index contributed by atoms with van der Waals surface area (Å²) in [5, 5.41) is 4.85. The Hall–Kier alpha value is -2.57. The highest BCUT2D eigenvalue weighted by atomic mass is 16.5. The number of methoxy groups -OCH3 is 1. The maximum absolute atomic E-state index is 11.6. The van der Waals surface area contributed by atoms with Crippen LogP contribution in [0.2, 0.25) is 0 Å². The van der Waals surface area contributed by atoms with Crippen LogP contribution in [-0.4, -0.2) is 37.0 Å². The predicted octanol–water partition coefficient (Wildman–Crippen LogP) is 0.477. The SMILES string of the molecule is COC(=O)C(C)(C)NC(=O)CNC(=O)/C=C/c1ccco1. The van der Waals surface area contributed by atoms with E-state index in [0.717, 1.165) is 0 Å². The lowest BCUT2D eigenvalue weighted by Crippen LogP contribution is -2.52. The van der Waals surface area contributed by atoms with Crippen LogP contribution < -0.4 is 10.6 Å². The summed E-state index contributed by atoms with van der Waals surface area (Å²) in [5.41, 5.74) is -1.15. The number of hydrogen-bond acceptors (Lipinski definition) is 5. The molecule has 21 heavy (non-hydrogen) atoms. The highest BCUT2D eigenvalue weighted by molar-refractivity contribution is 5.95. The fourth-order valence-electron chi connectivity index (χ4n) is 1.47. The summed E-state index contributed by atoms with van der Waals surface area (Å²) in [5.74, 6) is -0.983. The Labute approximate surface area is 122 Å². The number of furan rings is 1. The topological polar surface area (TPSA) is 97.6 Å². The molecular formula is C14H18N2O5. The Bertz CT molecular complexity index is 532. The second-order valence-corrected chi connectivity index (χ2v) is 4.73. The smallest absolute Gasteiger partial charge is 0.330 e. The summed E-state index contributed by atoms with van der Waals surface area (Å²) in [6, 6.07) is 3.38. The van der Waals surface area contributed by atoms with Crippen LogP contribution in [0.25, 0.3) is 6.08 Å². The fourth-order valence-corrected chi connectivity index (χ4v) is 1.47. The molecular weight excluding hydrogens is 276 g/mol. The van der Waals surface area contributed by atoms with Gasteiger partial charge < -0.3 is 19.8 Å². The second-order valence-electron chi connectivity index (χ2n) is 4.73. The van der Waals surface area contributed by atoms with Crippen molar-refractivity contribution >= 4 is 23.9 Å². The van der Waals surface area contributed by atoms with E-state index in [0.29, 0.717) is 5.76 Å². The minimum absolute atomic E-state index is 0.248. The molecule has 0 fully saturated rings. The minimum atomic E-state index is -1.15. The maximum Gasteiger partial charge on any atom is 0.330 e. The highest BCUT2D eigenvalue weighted by Crippen LogP contribution is 2.04. The quantitative estimate of drug-likeness (QED) is 0.587. The molecule has 1 aromatic rings. The van der Waals surface area contributed by atoms with Gasteiger partial charge in [-0.05, 0) is 32.1 Å². The fraction of sp³-hybridized carbons (Fsp3) is 0.357. The van der Waals surface area contributed by atoms with Crippen molar-refractivity contribution in [1.29, 1.82) is 0 Å². The van der Waals surface area contributed by atoms with E-state index in [1.54, 1.807) is 12.1 Å². The van der Waals surface area contributed by atoms with Gasteiger partial charge in [-0.1, -0.05) is 0 Å². The van der Waals surface area contributed by atoms with Gasteiger partial charge in [0, 0.05) is 6.08 Å². The Morgan fingerprint density at radius 1 is 1.38 bits per heavy atom. The van der Waals surface area contributed by atoms with Crippen molar-refractivity contribution in [2.24, 2.45) is 0 Å². The van der Waals surface area contributed by atoms with Crippen molar-refractivity contribution in [3.05, 3.63) is 30.2 Å². The summed E-state index contributed by atoms with van der Waals surface area (Å²) in [6.07, 6.45) is 4.21. The van der Waals surface area contributed by atoms with E-state index in [-0.39, 0.29) is 6.54 Å². The van der Waals surface area contributed by atoms with Gasteiger partial charge in [-0.15, -0.1) is 0 Å². The van der Waals surface area contributed by atoms with Gasteiger partial charge in [0.25, 0.3) is 0 Å². The van der Waals surface area contributed by atoms with Crippen LogP contribution in [0.4, 0.5) is 0 Å². The van der Waals surface area contributed by atoms with Crippen LogP contribution in [0, 0.1) is 0 Å². The molecule has 0 atom stereocenters. The highest BCUT2D eigenvalue weighted by Gasteiger charge is 2.30. The van der Waals surface area contributed by atoms with Crippen molar-refractivity contribution < 1.29 is 23.5 Å². The van der Waals surface area contributed by atoms with Crippen molar-refractivity contribution in [2.45, 2.75) is 19.4 Å². The Balaban J connectivity index is 2.39. The summed E-state index contributed by atoms with van der Waals surface area (Å²) in [7, 11) is 1.23. The van der Waals surface area contributed by atoms with Gasteiger partial charge in [0.05, 0.1) is 19.9 Å². The molecule has 7 nitrogen and oxygen atoms in total. The van der Waals surface area contributed by atoms with Crippen LogP contribution in [0.3, 0.4) is 0 Å². The van der Waals surface area contributed by atoms with Gasteiger partial charge in [0.15, 0.2) is 0 Å². The zero-order valence-corrected chi connectivity index (χ0v) is 12.1. The van der Waals surface area contributed by atoms with Crippen molar-refractivity contribution in [3.63, 3.8) is 0 Å². The van der Waals surface area contributed by atoms with Gasteiger partial charge in [0.1, 0.15) is 11.3 Å². The number of carbonyl (C=O) groups is 3. The lowest BCUT2D eigenvalue weighted by molar-refractivity contribution is -0.149. The monoisotopic (exact) mass is 294 g/mol. The first-order valence-corrected chi connectivity index (χ1v) is 6.24. The van der Waals surface area contributed by atoms with Gasteiger partial charge >= 0.3 is 5.97 Å². The first-order valence-electron chi connectivity index (χ1n) is 6.24. The second kappa shape index (κ2) is 7.28. The van der Waals surface area contributed by atoms with E-state index in [2.05, 4.69) is 15.4 Å². The number of ether oxygens (including phenoxy) is 1. The molecule has 0 aliphatic carbocycles. The van der Waals surface area contributed by atoms with E-state index < -0.39 is 23.3 Å². The van der Waals surface area contributed by atoms with Crippen LogP contribution in [0.15, 0.2) is 28.9 Å². The summed E-state index contributed by atoms with van der Waals surface area (Å²) in [6.45, 7) is 2.77. The number of amides is 2. The summed E-state index contributed by atoms with van der Waals surface area (Å²) in [4.78, 5) is 34.5. The molecule has 0 aromatic carbocycles. The Morgan fingerprint density at radius 3 is 2.67 bits per heavy atom. The largest absolute Gasteiger partial charge is 0.467 e. The van der Waals surface area contributed by atoms with E-state index in [4.69, 9.17) is 4.42 Å². The molecule has 0 spiro atoms. The summed E-state index contributed by atoms with van der Waals surface area (Å²) < 4.78 is 9.58. The number of hydrogen-bond donors (Lipinski definition) is 2. The number of rotatable bonds is 6. The molecule has 0 saturated heterocycles. The van der Waals surface area contributed by atoms with Crippen molar-refractivity contribution in [1.82, 2.24) is 10.6 Å². The van der Waals surface area contributed by atoms with E-state index in [1.165, 1.54) is 39.4 Å². The molecule has 2 N–H and O–H groups in total. The van der Waals surface area contributed by atoms with Crippen molar-refractivity contribution in [3.8, 4) is 0 Å².